The van der Waals surface area contributed by atoms with Crippen molar-refractivity contribution < 1.29 is 4.74 Å². The van der Waals surface area contributed by atoms with Gasteiger partial charge in [-0.3, -0.25) is 4.98 Å². The zero-order valence-corrected chi connectivity index (χ0v) is 19.9. The fourth-order valence-electron chi connectivity index (χ4n) is 4.61. The number of ether oxygens (including phenoxy) is 1. The van der Waals surface area contributed by atoms with E-state index in [0.29, 0.717) is 16.8 Å². The van der Waals surface area contributed by atoms with Gasteiger partial charge in [0.15, 0.2) is 6.19 Å². The molecule has 0 saturated carbocycles. The van der Waals surface area contributed by atoms with Gasteiger partial charge in [0.25, 0.3) is 0 Å². The maximum absolute atomic E-state index is 9.63. The van der Waals surface area contributed by atoms with Crippen LogP contribution in [-0.4, -0.2) is 47.6 Å². The van der Waals surface area contributed by atoms with E-state index in [4.69, 9.17) is 10.00 Å². The zero-order chi connectivity index (χ0) is 24.5. The summed E-state index contributed by atoms with van der Waals surface area (Å²) < 4.78 is 9.99. The molecule has 10 heteroatoms. The number of fused-ring (bicyclic) bond motifs is 1. The van der Waals surface area contributed by atoms with E-state index in [1.54, 1.807) is 21.8 Å². The van der Waals surface area contributed by atoms with Crippen LogP contribution in [0.5, 0.6) is 5.75 Å². The van der Waals surface area contributed by atoms with Crippen molar-refractivity contribution >= 4 is 5.52 Å². The van der Waals surface area contributed by atoms with Gasteiger partial charge in [-0.25, -0.2) is 9.20 Å². The Labute approximate surface area is 203 Å². The smallest absolute Gasteiger partial charge is 0.179 e. The Kier molecular flexibility index (Phi) is 5.79. The first kappa shape index (κ1) is 22.4. The fraction of sp³-hybridized carbons (Fsp3) is 0.360. The van der Waals surface area contributed by atoms with Crippen LogP contribution < -0.4 is 4.74 Å². The molecule has 10 nitrogen and oxygen atoms in total. The van der Waals surface area contributed by atoms with Crippen LogP contribution in [0.1, 0.15) is 54.3 Å². The second-order valence-corrected chi connectivity index (χ2v) is 8.90. The third-order valence-electron chi connectivity index (χ3n) is 6.52. The molecule has 5 rings (SSSR count). The highest BCUT2D eigenvalue weighted by atomic mass is 16.5. The van der Waals surface area contributed by atoms with E-state index in [1.165, 1.54) is 6.20 Å². The summed E-state index contributed by atoms with van der Waals surface area (Å²) in [6.07, 6.45) is 10.6. The molecule has 0 aromatic carbocycles. The van der Waals surface area contributed by atoms with Crippen molar-refractivity contribution in [3.05, 3.63) is 59.3 Å². The lowest BCUT2D eigenvalue weighted by molar-refractivity contribution is 0.228. The summed E-state index contributed by atoms with van der Waals surface area (Å²) in [6, 6.07) is 6.34. The number of piperidine rings is 1. The van der Waals surface area contributed by atoms with E-state index in [1.807, 2.05) is 43.8 Å². The Hall–Kier alpha value is -4.44. The molecule has 4 aromatic heterocycles. The molecule has 35 heavy (non-hydrogen) atoms. The standard InChI is InChI=1S/C25H25N9O/c1-16-8-19(12-28-11-16)18(3)35-23-9-20(14-33-25(23)21(10-26)13-29-33)24-17(2)34(31-30-24)22-4-6-32(15-27)7-5-22/h8-9,11-14,18,22H,4-7H2,1-3H3. The van der Waals surface area contributed by atoms with Crippen molar-refractivity contribution in [2.24, 2.45) is 0 Å². The molecule has 1 unspecified atom stereocenters. The molecule has 1 aliphatic rings. The van der Waals surface area contributed by atoms with Crippen LogP contribution in [-0.2, 0) is 0 Å². The fourth-order valence-corrected chi connectivity index (χ4v) is 4.61. The van der Waals surface area contributed by atoms with Crippen LogP contribution in [0.3, 0.4) is 0 Å². The average Bonchev–Trinajstić information content (AvgIpc) is 3.47. The molecule has 0 aliphatic carbocycles. The van der Waals surface area contributed by atoms with Gasteiger partial charge >= 0.3 is 0 Å². The number of rotatable bonds is 5. The quantitative estimate of drug-likeness (QED) is 0.407. The molecule has 176 valence electrons. The molecule has 1 saturated heterocycles. The molecule has 0 radical (unpaired) electrons. The average molecular weight is 468 g/mol. The maximum Gasteiger partial charge on any atom is 0.179 e. The van der Waals surface area contributed by atoms with E-state index in [-0.39, 0.29) is 12.1 Å². The summed E-state index contributed by atoms with van der Waals surface area (Å²) in [6.45, 7) is 7.38. The molecular weight excluding hydrogens is 442 g/mol. The minimum atomic E-state index is -0.287. The van der Waals surface area contributed by atoms with Crippen molar-refractivity contribution in [1.82, 2.24) is 34.5 Å². The largest absolute Gasteiger partial charge is 0.484 e. The van der Waals surface area contributed by atoms with Crippen molar-refractivity contribution in [3.8, 4) is 29.3 Å². The zero-order valence-electron chi connectivity index (χ0n) is 19.9. The van der Waals surface area contributed by atoms with Crippen molar-refractivity contribution in [2.45, 2.75) is 45.8 Å². The minimum absolute atomic E-state index is 0.198. The predicted octanol–water partition coefficient (Wildman–Crippen LogP) is 3.73. The lowest BCUT2D eigenvalue weighted by atomic mass is 10.0. The van der Waals surface area contributed by atoms with E-state index < -0.39 is 0 Å². The van der Waals surface area contributed by atoms with Gasteiger partial charge in [-0.05, 0) is 51.3 Å². The number of nitrogens with zero attached hydrogens (tertiary/aromatic N) is 9. The number of aromatic nitrogens is 6. The SMILES string of the molecule is Cc1cncc(C(C)Oc2cc(-c3nnn(C4CCN(C#N)CC4)c3C)cn3ncc(C#N)c23)c1. The van der Waals surface area contributed by atoms with E-state index in [9.17, 15) is 5.26 Å². The van der Waals surface area contributed by atoms with Crippen LogP contribution in [0.25, 0.3) is 16.8 Å². The van der Waals surface area contributed by atoms with Gasteiger partial charge in [-0.15, -0.1) is 5.10 Å². The molecule has 0 amide bonds. The number of hydrogen-bond donors (Lipinski definition) is 0. The summed E-state index contributed by atoms with van der Waals surface area (Å²) in [4.78, 5) is 6.05. The molecule has 1 atom stereocenters. The third kappa shape index (κ3) is 4.15. The van der Waals surface area contributed by atoms with Gasteiger partial charge in [-0.2, -0.15) is 15.6 Å². The normalized spacial score (nSPS) is 15.1. The van der Waals surface area contributed by atoms with Crippen LogP contribution in [0.15, 0.2) is 36.9 Å². The summed E-state index contributed by atoms with van der Waals surface area (Å²) in [5, 5.41) is 32.1. The number of hydrogen-bond acceptors (Lipinski definition) is 8. The summed E-state index contributed by atoms with van der Waals surface area (Å²) >= 11 is 0. The highest BCUT2D eigenvalue weighted by Gasteiger charge is 2.25. The molecule has 0 N–H and O–H groups in total. The second kappa shape index (κ2) is 9.07. The molecule has 0 bridgehead atoms. The van der Waals surface area contributed by atoms with Crippen molar-refractivity contribution in [3.63, 3.8) is 0 Å². The number of nitriles is 2. The Bertz CT molecular complexity index is 1460. The summed E-state index contributed by atoms with van der Waals surface area (Å²) in [5.74, 6) is 0.543. The lowest BCUT2D eigenvalue weighted by Gasteiger charge is -2.28. The first-order chi connectivity index (χ1) is 17.0. The second-order valence-electron chi connectivity index (χ2n) is 8.90. The van der Waals surface area contributed by atoms with E-state index in [2.05, 4.69) is 32.7 Å². The number of likely N-dealkylation sites (tertiary alicyclic amines) is 1. The topological polar surface area (TPSA) is 121 Å². The summed E-state index contributed by atoms with van der Waals surface area (Å²) in [7, 11) is 0. The van der Waals surface area contributed by atoms with Gasteiger partial charge in [0.1, 0.15) is 34.7 Å². The van der Waals surface area contributed by atoms with Gasteiger partial charge in [0, 0.05) is 42.8 Å². The first-order valence-corrected chi connectivity index (χ1v) is 11.5. The van der Waals surface area contributed by atoms with Crippen LogP contribution >= 0.6 is 0 Å². The minimum Gasteiger partial charge on any atom is -0.484 e. The maximum atomic E-state index is 9.63. The highest BCUT2D eigenvalue weighted by Crippen LogP contribution is 2.34. The summed E-state index contributed by atoms with van der Waals surface area (Å²) in [5.41, 5.74) is 5.51. The molecule has 0 spiro atoms. The van der Waals surface area contributed by atoms with Crippen molar-refractivity contribution in [1.29, 1.82) is 10.5 Å². The van der Waals surface area contributed by atoms with Crippen LogP contribution in [0.2, 0.25) is 0 Å². The molecule has 4 aromatic rings. The van der Waals surface area contributed by atoms with Gasteiger partial charge in [0.05, 0.1) is 17.9 Å². The molecule has 1 fully saturated rings. The number of aryl methyl sites for hydroxylation is 1. The Morgan fingerprint density at radius 2 is 1.91 bits per heavy atom. The Morgan fingerprint density at radius 3 is 2.63 bits per heavy atom. The number of pyridine rings is 2. The third-order valence-corrected chi connectivity index (χ3v) is 6.52. The van der Waals surface area contributed by atoms with Crippen molar-refractivity contribution in [2.75, 3.05) is 13.1 Å². The monoisotopic (exact) mass is 467 g/mol. The Balaban J connectivity index is 1.52. The van der Waals surface area contributed by atoms with Gasteiger partial charge in [0.2, 0.25) is 0 Å². The molecule has 5 heterocycles. The van der Waals surface area contributed by atoms with Gasteiger partial charge in [-0.1, -0.05) is 5.21 Å². The van der Waals surface area contributed by atoms with Crippen LogP contribution in [0, 0.1) is 36.6 Å². The van der Waals surface area contributed by atoms with Crippen LogP contribution in [0.4, 0.5) is 0 Å². The molecular formula is C25H25N9O. The molecule has 1 aliphatic heterocycles. The Morgan fingerprint density at radius 1 is 1.11 bits per heavy atom. The van der Waals surface area contributed by atoms with E-state index in [0.717, 1.165) is 54.0 Å². The predicted molar refractivity (Wildman–Crippen MR) is 127 cm³/mol. The first-order valence-electron chi connectivity index (χ1n) is 11.5. The lowest BCUT2D eigenvalue weighted by Crippen LogP contribution is -2.31. The van der Waals surface area contributed by atoms with Gasteiger partial charge < -0.3 is 9.64 Å². The highest BCUT2D eigenvalue weighted by molar-refractivity contribution is 5.74. The van der Waals surface area contributed by atoms with E-state index >= 15 is 0 Å².